The smallest absolute Gasteiger partial charge is 0.129 e. The Hall–Kier alpha value is -1.74. The van der Waals surface area contributed by atoms with Crippen molar-refractivity contribution in [1.29, 1.82) is 0 Å². The van der Waals surface area contributed by atoms with Crippen LogP contribution < -0.4 is 17.0 Å². The van der Waals surface area contributed by atoms with Crippen LogP contribution in [0.5, 0.6) is 0 Å². The Balaban J connectivity index is 0.000000923. The van der Waals surface area contributed by atoms with Gasteiger partial charge in [0.2, 0.25) is 0 Å². The quantitative estimate of drug-likeness (QED) is 0.176. The lowest BCUT2D eigenvalue weighted by molar-refractivity contribution is 0.659. The maximum Gasteiger partial charge on any atom is 0.129 e. The summed E-state index contributed by atoms with van der Waals surface area (Å²) in [6.45, 7) is 17.2. The lowest BCUT2D eigenvalue weighted by Crippen LogP contribution is -2.19. The Kier molecular flexibility index (Phi) is 12.8. The number of rotatable bonds is 2. The van der Waals surface area contributed by atoms with Gasteiger partial charge in [0.15, 0.2) is 0 Å². The molecule has 0 aromatic heterocycles. The third kappa shape index (κ3) is 6.38. The molecule has 0 fully saturated rings. The molecule has 0 amide bonds. The van der Waals surface area contributed by atoms with Gasteiger partial charge >= 0.3 is 0 Å². The average molecular weight is 431 g/mol. The second kappa shape index (κ2) is 13.5. The number of amidine groups is 1. The Bertz CT molecular complexity index is 809. The molecule has 0 heterocycles. The van der Waals surface area contributed by atoms with E-state index >= 15 is 0 Å². The molecule has 5 heteroatoms. The largest absolute Gasteiger partial charge is 0.383 e. The van der Waals surface area contributed by atoms with Gasteiger partial charge in [0, 0.05) is 11.0 Å². The molecule has 5 N–H and O–H groups in total. The molecule has 1 aliphatic carbocycles. The van der Waals surface area contributed by atoms with E-state index in [0.29, 0.717) is 11.8 Å². The van der Waals surface area contributed by atoms with Crippen LogP contribution in [0.2, 0.25) is 0 Å². The Morgan fingerprint density at radius 3 is 2.03 bits per heavy atom. The summed E-state index contributed by atoms with van der Waals surface area (Å²) < 4.78 is 4.14. The Labute approximate surface area is 187 Å². The summed E-state index contributed by atoms with van der Waals surface area (Å²) in [5.41, 5.74) is 16.1. The standard InChI is InChI=1S/C19H23N2P.C3H8.C2H6.CH6N2/c1-11(2)13-9-14-12-7-5-6-8-16(12)19(3,4)17(14)10-15(13)18(20)21-22;1-3-2;1-2;1-3-2/h5-11H,22H2,1-4H3,(H2,20,21);3H2,1-2H3;1-2H3;3H,2H2,1H3. The first-order chi connectivity index (χ1) is 14.2. The number of nitrogens with one attached hydrogen (secondary N) is 1. The van der Waals surface area contributed by atoms with Crippen molar-refractivity contribution in [3.63, 3.8) is 0 Å². The molecule has 30 heavy (non-hydrogen) atoms. The molecule has 0 aliphatic heterocycles. The molecule has 0 radical (unpaired) electrons. The van der Waals surface area contributed by atoms with Crippen molar-refractivity contribution >= 4 is 15.2 Å². The molecular weight excluding hydrogens is 387 g/mol. The van der Waals surface area contributed by atoms with Crippen molar-refractivity contribution in [3.05, 3.63) is 58.7 Å². The fourth-order valence-electron chi connectivity index (χ4n) is 3.53. The van der Waals surface area contributed by atoms with Gasteiger partial charge in [0.05, 0.1) is 0 Å². The van der Waals surface area contributed by atoms with Crippen molar-refractivity contribution < 1.29 is 0 Å². The summed E-state index contributed by atoms with van der Waals surface area (Å²) in [6, 6.07) is 13.2. The van der Waals surface area contributed by atoms with Crippen LogP contribution >= 0.6 is 9.39 Å². The number of fused-ring (bicyclic) bond motifs is 3. The van der Waals surface area contributed by atoms with Crippen LogP contribution in [0.25, 0.3) is 11.1 Å². The maximum atomic E-state index is 6.15. The zero-order valence-electron chi connectivity index (χ0n) is 20.4. The fraction of sp³-hybridized carbons (Fsp3) is 0.480. The minimum absolute atomic E-state index is 0.00263. The zero-order chi connectivity index (χ0) is 23.5. The van der Waals surface area contributed by atoms with Gasteiger partial charge in [-0.1, -0.05) is 86.1 Å². The van der Waals surface area contributed by atoms with Gasteiger partial charge in [-0.3, -0.25) is 16.0 Å². The van der Waals surface area contributed by atoms with Crippen molar-refractivity contribution in [1.82, 2.24) is 5.43 Å². The first kappa shape index (κ1) is 28.3. The van der Waals surface area contributed by atoms with E-state index in [1.54, 1.807) is 7.05 Å². The van der Waals surface area contributed by atoms with Crippen LogP contribution in [0.1, 0.15) is 90.0 Å². The van der Waals surface area contributed by atoms with Crippen LogP contribution in [-0.4, -0.2) is 12.9 Å². The topological polar surface area (TPSA) is 76.4 Å². The highest BCUT2D eigenvalue weighted by Gasteiger charge is 2.36. The van der Waals surface area contributed by atoms with E-state index in [0.717, 1.165) is 5.56 Å². The minimum atomic E-state index is -0.00263. The van der Waals surface area contributed by atoms with Gasteiger partial charge in [-0.05, 0) is 62.3 Å². The average Bonchev–Trinajstić information content (AvgIpc) is 2.96. The molecule has 168 valence electrons. The van der Waals surface area contributed by atoms with E-state index in [2.05, 4.69) is 103 Å². The Morgan fingerprint density at radius 1 is 1.07 bits per heavy atom. The van der Waals surface area contributed by atoms with Gasteiger partial charge in [-0.15, -0.1) is 0 Å². The van der Waals surface area contributed by atoms with Crippen molar-refractivity contribution in [2.45, 2.75) is 73.1 Å². The third-order valence-electron chi connectivity index (χ3n) is 4.79. The van der Waals surface area contributed by atoms with E-state index in [1.807, 2.05) is 13.8 Å². The van der Waals surface area contributed by atoms with Crippen LogP contribution in [0.4, 0.5) is 0 Å². The van der Waals surface area contributed by atoms with E-state index in [4.69, 9.17) is 5.73 Å². The minimum Gasteiger partial charge on any atom is -0.383 e. The third-order valence-corrected chi connectivity index (χ3v) is 5.07. The summed E-state index contributed by atoms with van der Waals surface area (Å²) in [6.07, 6.45) is 1.25. The van der Waals surface area contributed by atoms with E-state index in [9.17, 15) is 0 Å². The molecule has 4 nitrogen and oxygen atoms in total. The lowest BCUT2D eigenvalue weighted by atomic mass is 9.80. The first-order valence-corrected chi connectivity index (χ1v) is 11.4. The zero-order valence-corrected chi connectivity index (χ0v) is 21.6. The SMILES string of the molecule is CC.CC(C)c1cc2c(cc1/C(N)=N\P)C(C)(C)c1ccccc1-2.CCC.CNN. The van der Waals surface area contributed by atoms with Gasteiger partial charge in [0.1, 0.15) is 5.84 Å². The number of hydrogen-bond acceptors (Lipinski definition) is 3. The Morgan fingerprint density at radius 2 is 1.57 bits per heavy atom. The highest BCUT2D eigenvalue weighted by Crippen LogP contribution is 2.49. The summed E-state index contributed by atoms with van der Waals surface area (Å²) in [7, 11) is 4.02. The van der Waals surface area contributed by atoms with Gasteiger partial charge in [-0.2, -0.15) is 0 Å². The number of nitrogens with two attached hydrogens (primary N) is 2. The normalized spacial score (nSPS) is 13.0. The van der Waals surface area contributed by atoms with Gasteiger partial charge < -0.3 is 5.73 Å². The van der Waals surface area contributed by atoms with Gasteiger partial charge in [-0.25, -0.2) is 0 Å². The van der Waals surface area contributed by atoms with E-state index < -0.39 is 0 Å². The first-order valence-electron chi connectivity index (χ1n) is 10.9. The van der Waals surface area contributed by atoms with Crippen LogP contribution in [-0.2, 0) is 5.41 Å². The molecule has 0 saturated carbocycles. The second-order valence-corrected chi connectivity index (χ2v) is 8.08. The van der Waals surface area contributed by atoms with Crippen LogP contribution in [0, 0.1) is 0 Å². The highest BCUT2D eigenvalue weighted by atomic mass is 31.0. The predicted octanol–water partition coefficient (Wildman–Crippen LogP) is 6.13. The molecule has 0 bridgehead atoms. The van der Waals surface area contributed by atoms with Crippen molar-refractivity contribution in [2.24, 2.45) is 16.3 Å². The van der Waals surface area contributed by atoms with E-state index in [-0.39, 0.29) is 5.41 Å². The van der Waals surface area contributed by atoms with Crippen molar-refractivity contribution in [2.75, 3.05) is 7.05 Å². The monoisotopic (exact) mass is 430 g/mol. The van der Waals surface area contributed by atoms with Crippen LogP contribution in [0.3, 0.4) is 0 Å². The van der Waals surface area contributed by atoms with Gasteiger partial charge in [0.25, 0.3) is 0 Å². The highest BCUT2D eigenvalue weighted by molar-refractivity contribution is 7.15. The molecule has 1 atom stereocenters. The molecule has 1 aliphatic rings. The molecule has 2 aromatic carbocycles. The molecule has 1 unspecified atom stereocenters. The van der Waals surface area contributed by atoms with Crippen molar-refractivity contribution in [3.8, 4) is 11.1 Å². The molecule has 0 spiro atoms. The second-order valence-electron chi connectivity index (χ2n) is 7.82. The summed E-state index contributed by atoms with van der Waals surface area (Å²) in [5.74, 6) is 5.59. The number of benzene rings is 2. The predicted molar refractivity (Wildman–Crippen MR) is 139 cm³/mol. The number of nitrogens with zero attached hydrogens (tertiary/aromatic N) is 1. The number of hydrogen-bond donors (Lipinski definition) is 3. The molecular formula is C25H43N4P. The van der Waals surface area contributed by atoms with E-state index in [1.165, 1.54) is 34.2 Å². The summed E-state index contributed by atoms with van der Waals surface area (Å²) in [5, 5.41) is 0. The van der Waals surface area contributed by atoms with Crippen LogP contribution in [0.15, 0.2) is 41.2 Å². The maximum absolute atomic E-state index is 6.15. The molecule has 3 rings (SSSR count). The fourth-order valence-corrected chi connectivity index (χ4v) is 3.67. The molecule has 2 aromatic rings. The summed E-state index contributed by atoms with van der Waals surface area (Å²) in [4.78, 5) is 0. The number of hydrazine groups is 1. The molecule has 0 saturated heterocycles. The summed E-state index contributed by atoms with van der Waals surface area (Å²) >= 11 is 0. The lowest BCUT2D eigenvalue weighted by Gasteiger charge is -2.23.